The third kappa shape index (κ3) is 2.79. The van der Waals surface area contributed by atoms with Gasteiger partial charge in [0.15, 0.2) is 0 Å². The summed E-state index contributed by atoms with van der Waals surface area (Å²) in [5, 5.41) is 0. The van der Waals surface area contributed by atoms with E-state index in [0.717, 1.165) is 4.31 Å². The van der Waals surface area contributed by atoms with Crippen molar-refractivity contribution in [3.8, 4) is 0 Å². The number of aryl methyl sites for hydroxylation is 1. The molecule has 1 aromatic carbocycles. The lowest BCUT2D eigenvalue weighted by Gasteiger charge is -2.15. The molecule has 6 nitrogen and oxygen atoms in total. The fourth-order valence-electron chi connectivity index (χ4n) is 1.21. The summed E-state index contributed by atoms with van der Waals surface area (Å²) in [4.78, 5) is -0.214. The summed E-state index contributed by atoms with van der Waals surface area (Å²) >= 11 is -2.18. The Morgan fingerprint density at radius 1 is 1.38 bits per heavy atom. The van der Waals surface area contributed by atoms with E-state index < -0.39 is 21.4 Å². The Morgan fingerprint density at radius 3 is 2.31 bits per heavy atom. The summed E-state index contributed by atoms with van der Waals surface area (Å²) < 4.78 is 51.3. The Bertz CT molecular complexity index is 525. The smallest absolute Gasteiger partial charge is 0.289 e. The van der Waals surface area contributed by atoms with Gasteiger partial charge >= 0.3 is 0 Å². The standard InChI is InChI=1S/C8H11NO5S2/c1-6-5-7(9(2)15(10)11)3-4-8(6)16(12,13)14/h3-5H,1-2H3,(H,10,11)(H,12,13,14). The maximum atomic E-state index is 10.9. The van der Waals surface area contributed by atoms with E-state index in [4.69, 9.17) is 9.11 Å². The molecule has 16 heavy (non-hydrogen) atoms. The van der Waals surface area contributed by atoms with Crippen LogP contribution in [0.2, 0.25) is 0 Å². The molecular formula is C8H11NO5S2. The molecule has 0 bridgehead atoms. The van der Waals surface area contributed by atoms with E-state index in [1.54, 1.807) is 0 Å². The average molecular weight is 265 g/mol. The van der Waals surface area contributed by atoms with E-state index in [2.05, 4.69) is 0 Å². The predicted octanol–water partition coefficient (Wildman–Crippen LogP) is 0.815. The highest BCUT2D eigenvalue weighted by atomic mass is 32.2. The lowest BCUT2D eigenvalue weighted by atomic mass is 10.2. The van der Waals surface area contributed by atoms with Gasteiger partial charge in [-0.15, -0.1) is 0 Å². The van der Waals surface area contributed by atoms with Gasteiger partial charge in [-0.25, -0.2) is 4.21 Å². The predicted molar refractivity (Wildman–Crippen MR) is 60.2 cm³/mol. The molecule has 1 unspecified atom stereocenters. The van der Waals surface area contributed by atoms with Crippen molar-refractivity contribution in [2.75, 3.05) is 11.4 Å². The molecule has 0 aliphatic carbocycles. The molecule has 0 radical (unpaired) electrons. The Kier molecular flexibility index (Phi) is 3.68. The van der Waals surface area contributed by atoms with E-state index in [9.17, 15) is 12.6 Å². The molecule has 0 aromatic heterocycles. The first kappa shape index (κ1) is 13.1. The second-order valence-corrected chi connectivity index (χ2v) is 5.55. The molecule has 1 aromatic rings. The first-order chi connectivity index (χ1) is 7.23. The maximum Gasteiger partial charge on any atom is 0.294 e. The summed E-state index contributed by atoms with van der Waals surface area (Å²) in [6, 6.07) is 3.92. The summed E-state index contributed by atoms with van der Waals surface area (Å²) in [6.07, 6.45) is 0. The number of rotatable bonds is 3. The van der Waals surface area contributed by atoms with E-state index in [-0.39, 0.29) is 4.90 Å². The lowest BCUT2D eigenvalue weighted by molar-refractivity contribution is 0.482. The van der Waals surface area contributed by atoms with E-state index in [0.29, 0.717) is 11.3 Å². The number of benzene rings is 1. The average Bonchev–Trinajstić information content (AvgIpc) is 2.14. The molecule has 0 amide bonds. The highest BCUT2D eigenvalue weighted by Crippen LogP contribution is 2.21. The molecule has 0 saturated carbocycles. The second-order valence-electron chi connectivity index (χ2n) is 3.15. The van der Waals surface area contributed by atoms with Crippen LogP contribution in [0.15, 0.2) is 23.1 Å². The Balaban J connectivity index is 3.25. The van der Waals surface area contributed by atoms with Gasteiger partial charge in [-0.05, 0) is 30.7 Å². The molecule has 0 fully saturated rings. The third-order valence-electron chi connectivity index (χ3n) is 2.03. The Morgan fingerprint density at radius 2 is 1.94 bits per heavy atom. The quantitative estimate of drug-likeness (QED) is 0.623. The van der Waals surface area contributed by atoms with Crippen LogP contribution in [0, 0.1) is 6.92 Å². The third-order valence-corrected chi connectivity index (χ3v) is 3.73. The normalized spacial score (nSPS) is 13.5. The zero-order valence-corrected chi connectivity index (χ0v) is 10.2. The number of hydrogen-bond acceptors (Lipinski definition) is 3. The van der Waals surface area contributed by atoms with Crippen LogP contribution in [0.4, 0.5) is 5.69 Å². The Labute approximate surface area is 96.1 Å². The lowest BCUT2D eigenvalue weighted by Crippen LogP contribution is -2.19. The molecular weight excluding hydrogens is 254 g/mol. The van der Waals surface area contributed by atoms with Crippen molar-refractivity contribution in [3.05, 3.63) is 23.8 Å². The molecule has 8 heteroatoms. The molecule has 0 aliphatic rings. The minimum atomic E-state index is -4.25. The van der Waals surface area contributed by atoms with Crippen molar-refractivity contribution in [2.24, 2.45) is 0 Å². The second kappa shape index (κ2) is 4.50. The minimum absolute atomic E-state index is 0.214. The zero-order chi connectivity index (χ0) is 12.5. The van der Waals surface area contributed by atoms with Gasteiger partial charge in [-0.2, -0.15) is 8.42 Å². The molecule has 0 heterocycles. The van der Waals surface area contributed by atoms with Gasteiger partial charge in [0.25, 0.3) is 21.4 Å². The highest BCUT2D eigenvalue weighted by Gasteiger charge is 2.15. The van der Waals surface area contributed by atoms with Crippen LogP contribution in [0.3, 0.4) is 0 Å². The van der Waals surface area contributed by atoms with Crippen molar-refractivity contribution < 1.29 is 21.7 Å². The largest absolute Gasteiger partial charge is 0.294 e. The van der Waals surface area contributed by atoms with E-state index in [1.807, 2.05) is 0 Å². The maximum absolute atomic E-state index is 10.9. The van der Waals surface area contributed by atoms with Gasteiger partial charge in [0.2, 0.25) is 0 Å². The minimum Gasteiger partial charge on any atom is -0.289 e. The molecule has 0 spiro atoms. The summed E-state index contributed by atoms with van der Waals surface area (Å²) in [6.45, 7) is 1.49. The highest BCUT2D eigenvalue weighted by molar-refractivity contribution is 7.85. The fraction of sp³-hybridized carbons (Fsp3) is 0.250. The van der Waals surface area contributed by atoms with Crippen molar-refractivity contribution in [1.82, 2.24) is 0 Å². The van der Waals surface area contributed by atoms with Gasteiger partial charge < -0.3 is 0 Å². The molecule has 0 aliphatic heterocycles. The van der Waals surface area contributed by atoms with E-state index in [1.165, 1.54) is 32.2 Å². The van der Waals surface area contributed by atoms with Crippen molar-refractivity contribution in [2.45, 2.75) is 11.8 Å². The summed E-state index contributed by atoms with van der Waals surface area (Å²) in [7, 11) is -2.87. The molecule has 1 rings (SSSR count). The van der Waals surface area contributed by atoms with Gasteiger partial charge in [-0.3, -0.25) is 13.4 Å². The Hall–Kier alpha value is -0.960. The van der Waals surface area contributed by atoms with E-state index >= 15 is 0 Å². The topological polar surface area (TPSA) is 94.9 Å². The first-order valence-electron chi connectivity index (χ1n) is 4.16. The van der Waals surface area contributed by atoms with Gasteiger partial charge in [0, 0.05) is 7.05 Å². The first-order valence-corrected chi connectivity index (χ1v) is 6.66. The van der Waals surface area contributed by atoms with Crippen molar-refractivity contribution >= 4 is 27.1 Å². The molecule has 2 N–H and O–H groups in total. The van der Waals surface area contributed by atoms with Crippen LogP contribution in [-0.4, -0.2) is 28.8 Å². The van der Waals surface area contributed by atoms with Gasteiger partial charge in [-0.1, -0.05) is 0 Å². The number of hydrogen-bond donors (Lipinski definition) is 2. The molecule has 90 valence electrons. The van der Waals surface area contributed by atoms with Crippen molar-refractivity contribution in [3.63, 3.8) is 0 Å². The molecule has 1 atom stereocenters. The SMILES string of the molecule is Cc1cc(N(C)S(=O)O)ccc1S(=O)(=O)O. The fourth-order valence-corrected chi connectivity index (χ4v) is 2.21. The van der Waals surface area contributed by atoms with Crippen LogP contribution in [-0.2, 0) is 21.4 Å². The van der Waals surface area contributed by atoms with Gasteiger partial charge in [0.1, 0.15) is 0 Å². The van der Waals surface area contributed by atoms with Crippen LogP contribution >= 0.6 is 0 Å². The van der Waals surface area contributed by atoms with Crippen LogP contribution in [0.1, 0.15) is 5.56 Å². The van der Waals surface area contributed by atoms with Crippen LogP contribution in [0.25, 0.3) is 0 Å². The summed E-state index contributed by atoms with van der Waals surface area (Å²) in [5.41, 5.74) is 0.683. The number of anilines is 1. The zero-order valence-electron chi connectivity index (χ0n) is 8.61. The van der Waals surface area contributed by atoms with Crippen molar-refractivity contribution in [1.29, 1.82) is 0 Å². The monoisotopic (exact) mass is 265 g/mol. The van der Waals surface area contributed by atoms with Gasteiger partial charge in [0.05, 0.1) is 10.6 Å². The van der Waals surface area contributed by atoms with Crippen LogP contribution in [0.5, 0.6) is 0 Å². The number of nitrogens with zero attached hydrogens (tertiary/aromatic N) is 1. The van der Waals surface area contributed by atoms with Crippen LogP contribution < -0.4 is 4.31 Å². The summed E-state index contributed by atoms with van der Waals surface area (Å²) in [5.74, 6) is 0. The molecule has 0 saturated heterocycles.